The molecule has 1 aromatic rings. The molecule has 0 bridgehead atoms. The molecule has 20 heavy (non-hydrogen) atoms. The summed E-state index contributed by atoms with van der Waals surface area (Å²) in [5.74, 6) is 0.814. The van der Waals surface area contributed by atoms with Crippen LogP contribution in [0, 0.1) is 5.92 Å². The van der Waals surface area contributed by atoms with E-state index in [1.54, 1.807) is 0 Å². The van der Waals surface area contributed by atoms with Crippen molar-refractivity contribution in [2.75, 3.05) is 0 Å². The topological polar surface area (TPSA) is 12.0 Å². The standard InChI is InChI=1S/C17H25BrClN/c1-12(14-7-5-3-4-6-8-14)20-13(2)16-10-9-15(18)11-17(16)19/h9-14,20H,3-8H2,1-2H3/t12-,13?/m0/s1. The molecule has 0 saturated heterocycles. The van der Waals surface area contributed by atoms with Crippen LogP contribution in [0.25, 0.3) is 0 Å². The number of nitrogens with one attached hydrogen (secondary N) is 1. The van der Waals surface area contributed by atoms with E-state index in [0.29, 0.717) is 12.1 Å². The van der Waals surface area contributed by atoms with Crippen LogP contribution in [0.4, 0.5) is 0 Å². The number of halogens is 2. The second-order valence-electron chi connectivity index (χ2n) is 6.09. The Labute approximate surface area is 136 Å². The molecule has 0 amide bonds. The average Bonchev–Trinajstić information content (AvgIpc) is 2.67. The highest BCUT2D eigenvalue weighted by Gasteiger charge is 2.21. The number of hydrogen-bond acceptors (Lipinski definition) is 1. The van der Waals surface area contributed by atoms with Crippen molar-refractivity contribution in [2.24, 2.45) is 5.92 Å². The molecule has 0 radical (unpaired) electrons. The predicted octanol–water partition coefficient (Wildman–Crippen LogP) is 6.11. The molecule has 2 rings (SSSR count). The Kier molecular flexibility index (Phi) is 6.38. The van der Waals surface area contributed by atoms with E-state index in [1.165, 1.54) is 44.1 Å². The van der Waals surface area contributed by atoms with E-state index in [1.807, 2.05) is 6.07 Å². The minimum Gasteiger partial charge on any atom is -0.307 e. The van der Waals surface area contributed by atoms with Gasteiger partial charge in [-0.25, -0.2) is 0 Å². The van der Waals surface area contributed by atoms with Crippen LogP contribution in [0.2, 0.25) is 5.02 Å². The van der Waals surface area contributed by atoms with Gasteiger partial charge in [0.2, 0.25) is 0 Å². The van der Waals surface area contributed by atoms with E-state index in [0.717, 1.165) is 15.4 Å². The molecular weight excluding hydrogens is 334 g/mol. The Hall–Kier alpha value is -0.0500. The Morgan fingerprint density at radius 3 is 2.40 bits per heavy atom. The molecule has 1 N–H and O–H groups in total. The molecule has 0 spiro atoms. The second kappa shape index (κ2) is 7.82. The fraction of sp³-hybridized carbons (Fsp3) is 0.647. The number of rotatable bonds is 4. The van der Waals surface area contributed by atoms with Crippen molar-refractivity contribution >= 4 is 27.5 Å². The molecule has 1 saturated carbocycles. The minimum atomic E-state index is 0.300. The molecule has 1 unspecified atom stereocenters. The zero-order valence-corrected chi connectivity index (χ0v) is 14.8. The van der Waals surface area contributed by atoms with Crippen LogP contribution in [0.5, 0.6) is 0 Å². The van der Waals surface area contributed by atoms with Crippen LogP contribution in [-0.2, 0) is 0 Å². The summed E-state index contributed by atoms with van der Waals surface area (Å²) >= 11 is 9.81. The van der Waals surface area contributed by atoms with Crippen LogP contribution in [-0.4, -0.2) is 6.04 Å². The first-order valence-corrected chi connectivity index (χ1v) is 8.96. The van der Waals surface area contributed by atoms with Crippen molar-refractivity contribution in [3.8, 4) is 0 Å². The predicted molar refractivity (Wildman–Crippen MR) is 91.4 cm³/mol. The molecule has 1 aliphatic rings. The van der Waals surface area contributed by atoms with Gasteiger partial charge in [0.25, 0.3) is 0 Å². The number of hydrogen-bond donors (Lipinski definition) is 1. The highest BCUT2D eigenvalue weighted by Crippen LogP contribution is 2.29. The van der Waals surface area contributed by atoms with Gasteiger partial charge in [0.05, 0.1) is 0 Å². The van der Waals surface area contributed by atoms with Crippen LogP contribution < -0.4 is 5.32 Å². The molecule has 3 heteroatoms. The molecule has 1 nitrogen and oxygen atoms in total. The maximum atomic E-state index is 6.35. The van der Waals surface area contributed by atoms with Gasteiger partial charge < -0.3 is 5.32 Å². The molecule has 1 aromatic carbocycles. The first kappa shape index (κ1) is 16.3. The van der Waals surface area contributed by atoms with Crippen molar-refractivity contribution < 1.29 is 0 Å². The zero-order chi connectivity index (χ0) is 14.5. The van der Waals surface area contributed by atoms with E-state index >= 15 is 0 Å². The average molecular weight is 359 g/mol. The summed E-state index contributed by atoms with van der Waals surface area (Å²) in [5, 5.41) is 4.59. The van der Waals surface area contributed by atoms with Gasteiger partial charge in [0.1, 0.15) is 0 Å². The SMILES string of the molecule is CC(N[C@@H](C)C1CCCCCC1)c1ccc(Br)cc1Cl. The van der Waals surface area contributed by atoms with E-state index < -0.39 is 0 Å². The second-order valence-corrected chi connectivity index (χ2v) is 7.42. The van der Waals surface area contributed by atoms with Crippen LogP contribution in [0.3, 0.4) is 0 Å². The summed E-state index contributed by atoms with van der Waals surface area (Å²) in [4.78, 5) is 0. The smallest absolute Gasteiger partial charge is 0.0464 e. The van der Waals surface area contributed by atoms with Gasteiger partial charge in [-0.15, -0.1) is 0 Å². The quantitative estimate of drug-likeness (QED) is 0.640. The molecular formula is C17H25BrClN. The monoisotopic (exact) mass is 357 g/mol. The summed E-state index contributed by atoms with van der Waals surface area (Å²) in [7, 11) is 0. The van der Waals surface area contributed by atoms with E-state index in [2.05, 4.69) is 47.2 Å². The van der Waals surface area contributed by atoms with Crippen molar-refractivity contribution in [3.63, 3.8) is 0 Å². The lowest BCUT2D eigenvalue weighted by molar-refractivity contribution is 0.316. The van der Waals surface area contributed by atoms with Crippen LogP contribution >= 0.6 is 27.5 Å². The Morgan fingerprint density at radius 2 is 1.80 bits per heavy atom. The fourth-order valence-electron chi connectivity index (χ4n) is 3.28. The highest BCUT2D eigenvalue weighted by atomic mass is 79.9. The summed E-state index contributed by atoms with van der Waals surface area (Å²) in [6.07, 6.45) is 8.35. The lowest BCUT2D eigenvalue weighted by atomic mass is 9.92. The van der Waals surface area contributed by atoms with Crippen LogP contribution in [0.1, 0.15) is 64.0 Å². The summed E-state index contributed by atoms with van der Waals surface area (Å²) in [6.45, 7) is 4.54. The third kappa shape index (κ3) is 4.47. The molecule has 112 valence electrons. The Morgan fingerprint density at radius 1 is 1.15 bits per heavy atom. The normalized spacial score (nSPS) is 20.4. The van der Waals surface area contributed by atoms with Crippen molar-refractivity contribution in [1.29, 1.82) is 0 Å². The summed E-state index contributed by atoms with van der Waals surface area (Å²) in [6, 6.07) is 7.02. The lowest BCUT2D eigenvalue weighted by Gasteiger charge is -2.27. The van der Waals surface area contributed by atoms with Gasteiger partial charge in [-0.1, -0.05) is 59.3 Å². The van der Waals surface area contributed by atoms with Crippen molar-refractivity contribution in [1.82, 2.24) is 5.32 Å². The maximum Gasteiger partial charge on any atom is 0.0464 e. The molecule has 1 fully saturated rings. The number of benzene rings is 1. The summed E-state index contributed by atoms with van der Waals surface area (Å²) in [5.41, 5.74) is 1.19. The van der Waals surface area contributed by atoms with Gasteiger partial charge >= 0.3 is 0 Å². The third-order valence-electron chi connectivity index (χ3n) is 4.55. The van der Waals surface area contributed by atoms with E-state index in [9.17, 15) is 0 Å². The molecule has 0 aliphatic heterocycles. The highest BCUT2D eigenvalue weighted by molar-refractivity contribution is 9.10. The van der Waals surface area contributed by atoms with Gasteiger partial charge in [-0.3, -0.25) is 0 Å². The van der Waals surface area contributed by atoms with Crippen molar-refractivity contribution in [2.45, 2.75) is 64.5 Å². The van der Waals surface area contributed by atoms with Gasteiger partial charge in [-0.05, 0) is 50.3 Å². The summed E-state index contributed by atoms with van der Waals surface area (Å²) < 4.78 is 1.04. The largest absolute Gasteiger partial charge is 0.307 e. The van der Waals surface area contributed by atoms with E-state index in [-0.39, 0.29) is 0 Å². The van der Waals surface area contributed by atoms with Crippen molar-refractivity contribution in [3.05, 3.63) is 33.3 Å². The minimum absolute atomic E-state index is 0.300. The molecule has 0 aromatic heterocycles. The van der Waals surface area contributed by atoms with E-state index in [4.69, 9.17) is 11.6 Å². The Balaban J connectivity index is 1.97. The molecule has 2 atom stereocenters. The molecule has 1 aliphatic carbocycles. The third-order valence-corrected chi connectivity index (χ3v) is 5.37. The first-order valence-electron chi connectivity index (χ1n) is 7.79. The zero-order valence-electron chi connectivity index (χ0n) is 12.5. The van der Waals surface area contributed by atoms with Crippen LogP contribution in [0.15, 0.2) is 22.7 Å². The first-order chi connectivity index (χ1) is 9.58. The molecule has 0 heterocycles. The fourth-order valence-corrected chi connectivity index (χ4v) is 4.12. The Bertz CT molecular complexity index is 427. The maximum absolute atomic E-state index is 6.35. The van der Waals surface area contributed by atoms with Gasteiger partial charge in [0.15, 0.2) is 0 Å². The van der Waals surface area contributed by atoms with Gasteiger partial charge in [0, 0.05) is 21.6 Å². The lowest BCUT2D eigenvalue weighted by Crippen LogP contribution is -2.35. The van der Waals surface area contributed by atoms with Gasteiger partial charge in [-0.2, -0.15) is 0 Å².